The van der Waals surface area contributed by atoms with Gasteiger partial charge in [0.15, 0.2) is 0 Å². The van der Waals surface area contributed by atoms with Crippen LogP contribution in [0.4, 0.5) is 4.39 Å². The highest BCUT2D eigenvalue weighted by atomic mass is 35.5. The minimum atomic E-state index is -0.143. The van der Waals surface area contributed by atoms with Gasteiger partial charge >= 0.3 is 0 Å². The van der Waals surface area contributed by atoms with Crippen LogP contribution in [0, 0.1) is 12.7 Å². The standard InChI is InChI=1S/C10H8ClFS/c1-6-9(12)3-2-7-4-8(5-11)13-10(6)7/h2-4H,5H2,1H3. The van der Waals surface area contributed by atoms with Gasteiger partial charge in [-0.2, -0.15) is 0 Å². The molecule has 0 nitrogen and oxygen atoms in total. The first-order chi connectivity index (χ1) is 6.22. The van der Waals surface area contributed by atoms with E-state index in [4.69, 9.17) is 11.6 Å². The summed E-state index contributed by atoms with van der Waals surface area (Å²) in [6.45, 7) is 1.80. The number of thiophene rings is 1. The zero-order valence-corrected chi connectivity index (χ0v) is 8.68. The van der Waals surface area contributed by atoms with E-state index in [1.54, 1.807) is 24.3 Å². The van der Waals surface area contributed by atoms with Crippen molar-refractivity contribution in [3.05, 3.63) is 34.5 Å². The van der Waals surface area contributed by atoms with E-state index in [0.717, 1.165) is 20.5 Å². The maximum atomic E-state index is 13.1. The second-order valence-electron chi connectivity index (χ2n) is 2.94. The van der Waals surface area contributed by atoms with Crippen LogP contribution >= 0.6 is 22.9 Å². The van der Waals surface area contributed by atoms with Gasteiger partial charge in [-0.25, -0.2) is 4.39 Å². The van der Waals surface area contributed by atoms with Crippen molar-refractivity contribution >= 4 is 33.0 Å². The molecule has 0 spiro atoms. The lowest BCUT2D eigenvalue weighted by molar-refractivity contribution is 0.621. The van der Waals surface area contributed by atoms with Crippen molar-refractivity contribution in [3.8, 4) is 0 Å². The number of rotatable bonds is 1. The molecule has 1 aromatic carbocycles. The zero-order valence-electron chi connectivity index (χ0n) is 7.10. The molecule has 0 N–H and O–H groups in total. The van der Waals surface area contributed by atoms with Crippen molar-refractivity contribution in [1.29, 1.82) is 0 Å². The second-order valence-corrected chi connectivity index (χ2v) is 4.34. The molecule has 0 amide bonds. The van der Waals surface area contributed by atoms with Crippen LogP contribution in [0.15, 0.2) is 18.2 Å². The average Bonchev–Trinajstić information content (AvgIpc) is 2.55. The van der Waals surface area contributed by atoms with Crippen molar-refractivity contribution in [1.82, 2.24) is 0 Å². The molecule has 0 aliphatic carbocycles. The second kappa shape index (κ2) is 3.28. The summed E-state index contributed by atoms with van der Waals surface area (Å²) in [6, 6.07) is 5.31. The summed E-state index contributed by atoms with van der Waals surface area (Å²) >= 11 is 7.27. The molecule has 0 radical (unpaired) electrons. The number of fused-ring (bicyclic) bond motifs is 1. The lowest BCUT2D eigenvalue weighted by Gasteiger charge is -1.95. The molecule has 0 atom stereocenters. The first kappa shape index (κ1) is 8.97. The topological polar surface area (TPSA) is 0 Å². The maximum Gasteiger partial charge on any atom is 0.127 e. The molecule has 0 unspecified atom stereocenters. The molecule has 0 aliphatic heterocycles. The van der Waals surface area contributed by atoms with Crippen molar-refractivity contribution in [2.24, 2.45) is 0 Å². The van der Waals surface area contributed by atoms with Crippen LogP contribution in [0.2, 0.25) is 0 Å². The Hall–Kier alpha value is -0.600. The van der Waals surface area contributed by atoms with Crippen molar-refractivity contribution in [2.45, 2.75) is 12.8 Å². The summed E-state index contributed by atoms with van der Waals surface area (Å²) in [4.78, 5) is 1.09. The Kier molecular flexibility index (Phi) is 2.26. The third-order valence-corrected chi connectivity index (χ3v) is 3.77. The summed E-state index contributed by atoms with van der Waals surface area (Å²) in [5.41, 5.74) is 0.721. The molecule has 0 fully saturated rings. The molecule has 1 heterocycles. The van der Waals surface area contributed by atoms with E-state index in [1.807, 2.05) is 6.07 Å². The monoisotopic (exact) mass is 214 g/mol. The van der Waals surface area contributed by atoms with Crippen LogP contribution in [-0.2, 0) is 5.88 Å². The van der Waals surface area contributed by atoms with Gasteiger partial charge in [-0.3, -0.25) is 0 Å². The number of halogens is 2. The molecule has 3 heteroatoms. The summed E-state index contributed by atoms with van der Waals surface area (Å²) in [6.07, 6.45) is 0. The summed E-state index contributed by atoms with van der Waals surface area (Å²) in [5.74, 6) is 0.357. The van der Waals surface area contributed by atoms with E-state index in [9.17, 15) is 4.39 Å². The van der Waals surface area contributed by atoms with Gasteiger partial charge in [-0.1, -0.05) is 6.07 Å². The number of aryl methyl sites for hydroxylation is 1. The predicted octanol–water partition coefficient (Wildman–Crippen LogP) is 4.09. The SMILES string of the molecule is Cc1c(F)ccc2cc(CCl)sc12. The molecule has 2 aromatic rings. The number of hydrogen-bond acceptors (Lipinski definition) is 1. The molecule has 0 saturated heterocycles. The van der Waals surface area contributed by atoms with E-state index in [-0.39, 0.29) is 5.82 Å². The highest BCUT2D eigenvalue weighted by Gasteiger charge is 2.06. The first-order valence-corrected chi connectivity index (χ1v) is 5.31. The lowest BCUT2D eigenvalue weighted by atomic mass is 10.2. The Labute approximate surface area is 85.0 Å². The number of benzene rings is 1. The predicted molar refractivity (Wildman–Crippen MR) is 56.1 cm³/mol. The molecular weight excluding hydrogens is 207 g/mol. The fraction of sp³-hybridized carbons (Fsp3) is 0.200. The van der Waals surface area contributed by atoms with Gasteiger partial charge in [0, 0.05) is 15.1 Å². The largest absolute Gasteiger partial charge is 0.207 e. The summed E-state index contributed by atoms with van der Waals surface area (Å²) in [7, 11) is 0. The van der Waals surface area contributed by atoms with Gasteiger partial charge in [0.25, 0.3) is 0 Å². The van der Waals surface area contributed by atoms with Crippen molar-refractivity contribution in [3.63, 3.8) is 0 Å². The normalized spacial score (nSPS) is 11.0. The zero-order chi connectivity index (χ0) is 9.42. The van der Waals surface area contributed by atoms with Crippen LogP contribution in [0.1, 0.15) is 10.4 Å². The molecular formula is C10H8ClFS. The maximum absolute atomic E-state index is 13.1. The molecule has 0 bridgehead atoms. The van der Waals surface area contributed by atoms with E-state index >= 15 is 0 Å². The smallest absolute Gasteiger partial charge is 0.127 e. The minimum Gasteiger partial charge on any atom is -0.207 e. The van der Waals surface area contributed by atoms with E-state index < -0.39 is 0 Å². The Bertz CT molecular complexity index is 447. The van der Waals surface area contributed by atoms with Crippen molar-refractivity contribution in [2.75, 3.05) is 0 Å². The van der Waals surface area contributed by atoms with Gasteiger partial charge in [-0.05, 0) is 24.4 Å². The molecule has 2 rings (SSSR count). The lowest BCUT2D eigenvalue weighted by Crippen LogP contribution is -1.79. The fourth-order valence-electron chi connectivity index (χ4n) is 1.34. The highest BCUT2D eigenvalue weighted by molar-refractivity contribution is 7.19. The highest BCUT2D eigenvalue weighted by Crippen LogP contribution is 2.30. The fourth-order valence-corrected chi connectivity index (χ4v) is 2.58. The molecule has 68 valence electrons. The van der Waals surface area contributed by atoms with E-state index in [0.29, 0.717) is 5.88 Å². The van der Waals surface area contributed by atoms with Gasteiger partial charge in [0.1, 0.15) is 5.82 Å². The first-order valence-electron chi connectivity index (χ1n) is 3.96. The Morgan fingerprint density at radius 1 is 1.46 bits per heavy atom. The van der Waals surface area contributed by atoms with Gasteiger partial charge in [0.05, 0.1) is 5.88 Å². The van der Waals surface area contributed by atoms with Crippen LogP contribution in [0.25, 0.3) is 10.1 Å². The van der Waals surface area contributed by atoms with Crippen LogP contribution in [0.5, 0.6) is 0 Å². The average molecular weight is 215 g/mol. The summed E-state index contributed by atoms with van der Waals surface area (Å²) < 4.78 is 14.1. The van der Waals surface area contributed by atoms with E-state index in [1.165, 1.54) is 6.07 Å². The summed E-state index contributed by atoms with van der Waals surface area (Å²) in [5, 5.41) is 1.08. The Morgan fingerprint density at radius 2 is 2.23 bits per heavy atom. The van der Waals surface area contributed by atoms with Gasteiger partial charge < -0.3 is 0 Å². The minimum absolute atomic E-state index is 0.143. The Morgan fingerprint density at radius 3 is 2.92 bits per heavy atom. The molecule has 0 saturated carbocycles. The van der Waals surface area contributed by atoms with E-state index in [2.05, 4.69) is 0 Å². The van der Waals surface area contributed by atoms with Gasteiger partial charge in [0.2, 0.25) is 0 Å². The third kappa shape index (κ3) is 1.45. The van der Waals surface area contributed by atoms with Crippen LogP contribution in [0.3, 0.4) is 0 Å². The quantitative estimate of drug-likeness (QED) is 0.628. The van der Waals surface area contributed by atoms with Crippen LogP contribution < -0.4 is 0 Å². The number of hydrogen-bond donors (Lipinski definition) is 0. The number of alkyl halides is 1. The van der Waals surface area contributed by atoms with Crippen molar-refractivity contribution < 1.29 is 4.39 Å². The Balaban J connectivity index is 2.76. The van der Waals surface area contributed by atoms with Crippen LogP contribution in [-0.4, -0.2) is 0 Å². The third-order valence-electron chi connectivity index (χ3n) is 2.05. The van der Waals surface area contributed by atoms with Gasteiger partial charge in [-0.15, -0.1) is 22.9 Å². The molecule has 1 aromatic heterocycles. The molecule has 13 heavy (non-hydrogen) atoms. The molecule has 0 aliphatic rings.